The summed E-state index contributed by atoms with van der Waals surface area (Å²) in [5.74, 6) is 0. The van der Waals surface area contributed by atoms with Gasteiger partial charge in [0.1, 0.15) is 0 Å². The summed E-state index contributed by atoms with van der Waals surface area (Å²) in [5, 5.41) is 0. The average molecular weight is 276 g/mol. The fourth-order valence-corrected chi connectivity index (χ4v) is 2.69. The van der Waals surface area contributed by atoms with Crippen LogP contribution >= 0.6 is 0 Å². The number of nitrogens with zero attached hydrogens (tertiary/aromatic N) is 2. The van der Waals surface area contributed by atoms with Crippen LogP contribution in [0.2, 0.25) is 0 Å². The van der Waals surface area contributed by atoms with Crippen molar-refractivity contribution < 1.29 is 0 Å². The van der Waals surface area contributed by atoms with E-state index in [0.717, 1.165) is 26.2 Å². The lowest BCUT2D eigenvalue weighted by molar-refractivity contribution is 0.739. The molecular weight excluding hydrogens is 244 g/mol. The SMILES string of the molecule is CCCN(CCC)c1ccc(N(CCC)CCC)cc1. The maximum Gasteiger partial charge on any atom is 0.0367 e. The Morgan fingerprint density at radius 3 is 1.00 bits per heavy atom. The average Bonchev–Trinajstić information content (AvgIpc) is 2.47. The Labute approximate surface area is 125 Å². The molecule has 0 heterocycles. The molecule has 114 valence electrons. The van der Waals surface area contributed by atoms with Crippen molar-refractivity contribution in [3.63, 3.8) is 0 Å². The number of rotatable bonds is 10. The van der Waals surface area contributed by atoms with Crippen LogP contribution in [-0.4, -0.2) is 26.2 Å². The van der Waals surface area contributed by atoms with Gasteiger partial charge in [0.2, 0.25) is 0 Å². The smallest absolute Gasteiger partial charge is 0.0367 e. The molecule has 0 bridgehead atoms. The highest BCUT2D eigenvalue weighted by atomic mass is 15.1. The van der Waals surface area contributed by atoms with Crippen molar-refractivity contribution in [2.45, 2.75) is 53.4 Å². The molecule has 1 aromatic rings. The van der Waals surface area contributed by atoms with E-state index in [4.69, 9.17) is 0 Å². The third-order valence-corrected chi connectivity index (χ3v) is 3.55. The van der Waals surface area contributed by atoms with Crippen LogP contribution in [0, 0.1) is 0 Å². The zero-order chi connectivity index (χ0) is 14.8. The van der Waals surface area contributed by atoms with Gasteiger partial charge in [0.05, 0.1) is 0 Å². The summed E-state index contributed by atoms with van der Waals surface area (Å²) >= 11 is 0. The Morgan fingerprint density at radius 2 is 0.800 bits per heavy atom. The zero-order valence-corrected chi connectivity index (χ0v) is 13.9. The topological polar surface area (TPSA) is 6.48 Å². The Morgan fingerprint density at radius 1 is 0.550 bits per heavy atom. The Hall–Kier alpha value is -1.18. The van der Waals surface area contributed by atoms with Crippen molar-refractivity contribution in [2.75, 3.05) is 36.0 Å². The van der Waals surface area contributed by atoms with Crippen LogP contribution in [-0.2, 0) is 0 Å². The monoisotopic (exact) mass is 276 g/mol. The van der Waals surface area contributed by atoms with E-state index in [1.807, 2.05) is 0 Å². The Kier molecular flexibility index (Phi) is 8.17. The van der Waals surface area contributed by atoms with Gasteiger partial charge in [-0.2, -0.15) is 0 Å². The number of anilines is 2. The van der Waals surface area contributed by atoms with E-state index in [1.165, 1.54) is 37.1 Å². The molecule has 0 unspecified atom stereocenters. The minimum atomic E-state index is 1.15. The third kappa shape index (κ3) is 5.07. The molecule has 0 radical (unpaired) electrons. The van der Waals surface area contributed by atoms with Crippen LogP contribution < -0.4 is 9.80 Å². The first-order valence-electron chi connectivity index (χ1n) is 8.36. The molecule has 0 aliphatic carbocycles. The lowest BCUT2D eigenvalue weighted by Gasteiger charge is -2.27. The lowest BCUT2D eigenvalue weighted by atomic mass is 10.2. The van der Waals surface area contributed by atoms with E-state index in [9.17, 15) is 0 Å². The lowest BCUT2D eigenvalue weighted by Crippen LogP contribution is -2.26. The number of benzene rings is 1. The van der Waals surface area contributed by atoms with Crippen molar-refractivity contribution in [1.29, 1.82) is 0 Å². The van der Waals surface area contributed by atoms with Crippen LogP contribution in [0.1, 0.15) is 53.4 Å². The summed E-state index contributed by atoms with van der Waals surface area (Å²) in [5.41, 5.74) is 2.73. The summed E-state index contributed by atoms with van der Waals surface area (Å²) in [6.45, 7) is 13.6. The van der Waals surface area contributed by atoms with Gasteiger partial charge < -0.3 is 9.80 Å². The second-order valence-corrected chi connectivity index (χ2v) is 5.49. The van der Waals surface area contributed by atoms with Crippen LogP contribution in [0.5, 0.6) is 0 Å². The molecule has 0 aliphatic rings. The van der Waals surface area contributed by atoms with Gasteiger partial charge in [0.15, 0.2) is 0 Å². The molecule has 0 amide bonds. The van der Waals surface area contributed by atoms with Gasteiger partial charge >= 0.3 is 0 Å². The van der Waals surface area contributed by atoms with Gasteiger partial charge in [-0.15, -0.1) is 0 Å². The minimum absolute atomic E-state index is 1.15. The summed E-state index contributed by atoms with van der Waals surface area (Å²) in [6, 6.07) is 9.16. The Balaban J connectivity index is 2.79. The molecule has 0 saturated heterocycles. The highest BCUT2D eigenvalue weighted by Gasteiger charge is 2.07. The molecule has 0 saturated carbocycles. The molecule has 0 fully saturated rings. The van der Waals surface area contributed by atoms with Gasteiger partial charge in [-0.1, -0.05) is 27.7 Å². The summed E-state index contributed by atoms with van der Waals surface area (Å²) < 4.78 is 0. The van der Waals surface area contributed by atoms with Gasteiger partial charge in [-0.3, -0.25) is 0 Å². The van der Waals surface area contributed by atoms with Gasteiger partial charge in [0.25, 0.3) is 0 Å². The maximum atomic E-state index is 2.49. The van der Waals surface area contributed by atoms with E-state index in [-0.39, 0.29) is 0 Å². The second kappa shape index (κ2) is 9.68. The fraction of sp³-hybridized carbons (Fsp3) is 0.667. The number of hydrogen-bond acceptors (Lipinski definition) is 2. The van der Waals surface area contributed by atoms with E-state index in [1.54, 1.807) is 0 Å². The van der Waals surface area contributed by atoms with Crippen molar-refractivity contribution in [3.05, 3.63) is 24.3 Å². The van der Waals surface area contributed by atoms with Crippen LogP contribution in [0.15, 0.2) is 24.3 Å². The highest BCUT2D eigenvalue weighted by molar-refractivity contribution is 5.56. The van der Waals surface area contributed by atoms with Gasteiger partial charge in [-0.25, -0.2) is 0 Å². The molecule has 1 rings (SSSR count). The third-order valence-electron chi connectivity index (χ3n) is 3.55. The number of hydrogen-bond donors (Lipinski definition) is 0. The predicted molar refractivity (Wildman–Crippen MR) is 92.0 cm³/mol. The largest absolute Gasteiger partial charge is 0.372 e. The molecule has 1 aromatic carbocycles. The molecule has 0 N–H and O–H groups in total. The van der Waals surface area contributed by atoms with Crippen molar-refractivity contribution in [1.82, 2.24) is 0 Å². The van der Waals surface area contributed by atoms with Crippen LogP contribution in [0.4, 0.5) is 11.4 Å². The molecule has 0 spiro atoms. The summed E-state index contributed by atoms with van der Waals surface area (Å²) in [4.78, 5) is 4.99. The minimum Gasteiger partial charge on any atom is -0.372 e. The molecular formula is C18H32N2. The molecule has 2 heteroatoms. The zero-order valence-electron chi connectivity index (χ0n) is 13.9. The normalized spacial score (nSPS) is 10.6. The second-order valence-electron chi connectivity index (χ2n) is 5.49. The first-order valence-corrected chi connectivity index (χ1v) is 8.36. The molecule has 2 nitrogen and oxygen atoms in total. The Bertz CT molecular complexity index is 298. The van der Waals surface area contributed by atoms with Crippen LogP contribution in [0.3, 0.4) is 0 Å². The van der Waals surface area contributed by atoms with Crippen molar-refractivity contribution in [2.24, 2.45) is 0 Å². The van der Waals surface area contributed by atoms with E-state index in [2.05, 4.69) is 61.8 Å². The summed E-state index contributed by atoms with van der Waals surface area (Å²) in [7, 11) is 0. The quantitative estimate of drug-likeness (QED) is 0.597. The van der Waals surface area contributed by atoms with Crippen molar-refractivity contribution in [3.8, 4) is 0 Å². The molecule has 0 aliphatic heterocycles. The standard InChI is InChI=1S/C18H32N2/c1-5-13-19(14-6-2)17-9-11-18(12-10-17)20(15-7-3)16-8-4/h9-12H,5-8,13-16H2,1-4H3. The molecule has 20 heavy (non-hydrogen) atoms. The van der Waals surface area contributed by atoms with E-state index in [0.29, 0.717) is 0 Å². The first-order chi connectivity index (χ1) is 9.76. The van der Waals surface area contributed by atoms with Crippen molar-refractivity contribution >= 4 is 11.4 Å². The molecule has 0 aromatic heterocycles. The fourth-order valence-electron chi connectivity index (χ4n) is 2.69. The molecule has 0 atom stereocenters. The van der Waals surface area contributed by atoms with E-state index >= 15 is 0 Å². The predicted octanol–water partition coefficient (Wildman–Crippen LogP) is 4.94. The van der Waals surface area contributed by atoms with Gasteiger partial charge in [-0.05, 0) is 49.9 Å². The summed E-state index contributed by atoms with van der Waals surface area (Å²) in [6.07, 6.45) is 4.83. The van der Waals surface area contributed by atoms with Gasteiger partial charge in [0, 0.05) is 37.6 Å². The highest BCUT2D eigenvalue weighted by Crippen LogP contribution is 2.22. The maximum absolute atomic E-state index is 2.49. The van der Waals surface area contributed by atoms with Crippen LogP contribution in [0.25, 0.3) is 0 Å². The first kappa shape index (κ1) is 16.9. The van der Waals surface area contributed by atoms with E-state index < -0.39 is 0 Å².